The van der Waals surface area contributed by atoms with Gasteiger partial charge in [0.25, 0.3) is 0 Å². The zero-order valence-corrected chi connectivity index (χ0v) is 2.86. The highest BCUT2D eigenvalue weighted by Gasteiger charge is 1.83. The molecule has 0 spiro atoms. The summed E-state index contributed by atoms with van der Waals surface area (Å²) in [5.41, 5.74) is 0. The Bertz CT molecular complexity index is 42.2. The Morgan fingerprint density at radius 1 is 2.00 bits per heavy atom. The molecule has 0 heterocycles. The number of carbonyl (C=O) groups excluding carboxylic acids is 1. The van der Waals surface area contributed by atoms with Crippen LogP contribution < -0.4 is 0 Å². The Morgan fingerprint density at radius 2 is 2.20 bits per heavy atom. The largest absolute Gasteiger partial charge is 0.297 e. The van der Waals surface area contributed by atoms with E-state index in [-0.39, 0.29) is 6.67 Å². The molecule has 0 rings (SSSR count). The van der Waals surface area contributed by atoms with Gasteiger partial charge in [-0.15, -0.1) is 0 Å². The van der Waals surface area contributed by atoms with Crippen LogP contribution >= 0.6 is 0 Å². The second kappa shape index (κ2) is 1.88. The average Bonchev–Trinajstić information content (AvgIpc) is 1.38. The van der Waals surface area contributed by atoms with E-state index in [0.717, 1.165) is 6.92 Å². The van der Waals surface area contributed by atoms with Crippen LogP contribution in [0.25, 0.3) is 0 Å². The van der Waals surface area contributed by atoms with Gasteiger partial charge in [0.1, 0.15) is 0 Å². The molecular weight excluding hydrogens is 71.0 g/mol. The van der Waals surface area contributed by atoms with Crippen molar-refractivity contribution >= 4 is 5.78 Å². The molecule has 29 valence electrons. The SMILES string of the molecule is CC(=O)[CH]F. The fraction of sp³-hybridized carbons (Fsp3) is 0.333. The minimum Gasteiger partial charge on any atom is -0.297 e. The molecule has 1 radical (unpaired) electrons. The third-order valence-electron chi connectivity index (χ3n) is 0.154. The Morgan fingerprint density at radius 3 is 2.20 bits per heavy atom. The number of hydrogen-bond donors (Lipinski definition) is 0. The van der Waals surface area contributed by atoms with Crippen LogP contribution in [0, 0.1) is 6.67 Å². The summed E-state index contributed by atoms with van der Waals surface area (Å²) in [6.45, 7) is 1.18. The molecule has 0 N–H and O–H groups in total. The Hall–Kier alpha value is -0.400. The Kier molecular flexibility index (Phi) is 1.73. The summed E-state index contributed by atoms with van der Waals surface area (Å²) >= 11 is 0. The van der Waals surface area contributed by atoms with Crippen LogP contribution in [0.2, 0.25) is 0 Å². The summed E-state index contributed by atoms with van der Waals surface area (Å²) in [5.74, 6) is -0.537. The maximum atomic E-state index is 10.6. The van der Waals surface area contributed by atoms with Crippen LogP contribution in [-0.2, 0) is 4.79 Å². The van der Waals surface area contributed by atoms with Crippen molar-refractivity contribution in [3.8, 4) is 0 Å². The third-order valence-corrected chi connectivity index (χ3v) is 0.154. The van der Waals surface area contributed by atoms with Crippen molar-refractivity contribution in [3.05, 3.63) is 6.67 Å². The van der Waals surface area contributed by atoms with Crippen molar-refractivity contribution in [2.45, 2.75) is 6.92 Å². The molecule has 0 fully saturated rings. The van der Waals surface area contributed by atoms with E-state index in [4.69, 9.17) is 0 Å². The molecular formula is C3H4FO. The predicted octanol–water partition coefficient (Wildman–Crippen LogP) is 0.707. The molecule has 0 aromatic heterocycles. The van der Waals surface area contributed by atoms with Gasteiger partial charge in [-0.25, -0.2) is 4.39 Å². The average molecular weight is 75.1 g/mol. The summed E-state index contributed by atoms with van der Waals surface area (Å²) in [6.07, 6.45) is 0. The Balaban J connectivity index is 2.85. The normalized spacial score (nSPS) is 7.60. The van der Waals surface area contributed by atoms with E-state index < -0.39 is 5.78 Å². The van der Waals surface area contributed by atoms with Crippen LogP contribution in [0.15, 0.2) is 0 Å². The number of hydrogen-bond acceptors (Lipinski definition) is 1. The lowest BCUT2D eigenvalue weighted by Gasteiger charge is -1.66. The molecule has 5 heavy (non-hydrogen) atoms. The summed E-state index contributed by atoms with van der Waals surface area (Å²) in [6, 6.07) is 0. The van der Waals surface area contributed by atoms with E-state index in [0.29, 0.717) is 0 Å². The Labute approximate surface area is 29.8 Å². The summed E-state index contributed by atoms with van der Waals surface area (Å²) in [7, 11) is 0. The summed E-state index contributed by atoms with van der Waals surface area (Å²) in [5, 5.41) is 0. The highest BCUT2D eigenvalue weighted by atomic mass is 19.1. The van der Waals surface area contributed by atoms with Crippen LogP contribution in [0.5, 0.6) is 0 Å². The van der Waals surface area contributed by atoms with Crippen molar-refractivity contribution in [2.24, 2.45) is 0 Å². The quantitative estimate of drug-likeness (QED) is 0.448. The van der Waals surface area contributed by atoms with Crippen LogP contribution in [0.4, 0.5) is 4.39 Å². The second-order valence-corrected chi connectivity index (χ2v) is 0.720. The van der Waals surface area contributed by atoms with Crippen molar-refractivity contribution in [3.63, 3.8) is 0 Å². The van der Waals surface area contributed by atoms with Crippen molar-refractivity contribution in [1.82, 2.24) is 0 Å². The number of halogens is 1. The number of ketones is 1. The highest BCUT2D eigenvalue weighted by molar-refractivity contribution is 5.82. The first-order valence-electron chi connectivity index (χ1n) is 1.21. The number of Topliss-reactive ketones (excluding diaryl/α,β-unsaturated/α-hetero) is 1. The molecule has 0 aromatic rings. The van der Waals surface area contributed by atoms with Crippen LogP contribution in [-0.4, -0.2) is 5.78 Å². The van der Waals surface area contributed by atoms with Gasteiger partial charge in [-0.05, 0) is 6.92 Å². The minimum absolute atomic E-state index is 0.0278. The van der Waals surface area contributed by atoms with Gasteiger partial charge in [0.15, 0.2) is 12.5 Å². The molecule has 0 aliphatic heterocycles. The molecule has 0 aliphatic carbocycles. The lowest BCUT2D eigenvalue weighted by Crippen LogP contribution is -1.80. The van der Waals surface area contributed by atoms with E-state index in [1.165, 1.54) is 0 Å². The fourth-order valence-corrected chi connectivity index (χ4v) is 0. The standard InChI is InChI=1S/C3H4FO/c1-3(5)2-4/h2H,1H3. The van der Waals surface area contributed by atoms with E-state index in [2.05, 4.69) is 0 Å². The number of carbonyl (C=O) groups is 1. The van der Waals surface area contributed by atoms with Crippen LogP contribution in [0.1, 0.15) is 6.92 Å². The smallest absolute Gasteiger partial charge is 0.196 e. The summed E-state index contributed by atoms with van der Waals surface area (Å²) < 4.78 is 10.6. The van der Waals surface area contributed by atoms with Gasteiger partial charge in [0, 0.05) is 0 Å². The van der Waals surface area contributed by atoms with Crippen molar-refractivity contribution in [1.29, 1.82) is 0 Å². The zero-order valence-electron chi connectivity index (χ0n) is 2.86. The molecule has 0 unspecified atom stereocenters. The first kappa shape index (κ1) is 4.60. The minimum atomic E-state index is -0.537. The maximum absolute atomic E-state index is 10.6. The first-order chi connectivity index (χ1) is 2.27. The third kappa shape index (κ3) is 3.60. The second-order valence-electron chi connectivity index (χ2n) is 0.720. The van der Waals surface area contributed by atoms with E-state index in [1.807, 2.05) is 0 Å². The van der Waals surface area contributed by atoms with Crippen molar-refractivity contribution in [2.75, 3.05) is 0 Å². The van der Waals surface area contributed by atoms with E-state index in [9.17, 15) is 9.18 Å². The molecule has 0 bridgehead atoms. The highest BCUT2D eigenvalue weighted by Crippen LogP contribution is 1.74. The van der Waals surface area contributed by atoms with Crippen LogP contribution in [0.3, 0.4) is 0 Å². The topological polar surface area (TPSA) is 17.1 Å². The van der Waals surface area contributed by atoms with Gasteiger partial charge >= 0.3 is 0 Å². The van der Waals surface area contributed by atoms with E-state index in [1.54, 1.807) is 0 Å². The van der Waals surface area contributed by atoms with E-state index >= 15 is 0 Å². The van der Waals surface area contributed by atoms with Gasteiger partial charge in [0.2, 0.25) is 0 Å². The van der Waals surface area contributed by atoms with Gasteiger partial charge < -0.3 is 0 Å². The van der Waals surface area contributed by atoms with Gasteiger partial charge in [-0.3, -0.25) is 4.79 Å². The lowest BCUT2D eigenvalue weighted by molar-refractivity contribution is -0.115. The van der Waals surface area contributed by atoms with Gasteiger partial charge in [0.05, 0.1) is 0 Å². The van der Waals surface area contributed by atoms with Crippen molar-refractivity contribution < 1.29 is 9.18 Å². The molecule has 0 saturated carbocycles. The molecule has 0 saturated heterocycles. The monoisotopic (exact) mass is 75.0 g/mol. The van der Waals surface area contributed by atoms with Gasteiger partial charge in [-0.2, -0.15) is 0 Å². The lowest BCUT2D eigenvalue weighted by atomic mass is 10.5. The number of rotatable bonds is 1. The predicted molar refractivity (Wildman–Crippen MR) is 16.1 cm³/mol. The molecule has 2 heteroatoms. The molecule has 1 nitrogen and oxygen atoms in total. The molecule has 0 aromatic carbocycles. The maximum Gasteiger partial charge on any atom is 0.196 e. The molecule has 0 aliphatic rings. The molecule has 0 amide bonds. The first-order valence-corrected chi connectivity index (χ1v) is 1.21. The summed E-state index contributed by atoms with van der Waals surface area (Å²) in [4.78, 5) is 9.38. The zero-order chi connectivity index (χ0) is 4.28. The fourth-order valence-electron chi connectivity index (χ4n) is 0. The molecule has 0 atom stereocenters. The van der Waals surface area contributed by atoms with Gasteiger partial charge in [-0.1, -0.05) is 0 Å².